The minimum atomic E-state index is -0.905. The highest BCUT2D eigenvalue weighted by Gasteiger charge is 2.37. The lowest BCUT2D eigenvalue weighted by Gasteiger charge is -2.27. The monoisotopic (exact) mass is 591 g/mol. The van der Waals surface area contributed by atoms with Gasteiger partial charge in [-0.3, -0.25) is 19.7 Å². The number of carbonyl (C=O) groups excluding carboxylic acids is 4. The van der Waals surface area contributed by atoms with E-state index in [4.69, 9.17) is 51.1 Å². The van der Waals surface area contributed by atoms with Crippen LogP contribution in [0.4, 0.5) is 16.2 Å². The second-order valence-electron chi connectivity index (χ2n) is 7.97. The third-order valence-electron chi connectivity index (χ3n) is 5.41. The normalized spacial score (nSPS) is 14.5. The average molecular weight is 593 g/mol. The second kappa shape index (κ2) is 11.4. The van der Waals surface area contributed by atoms with Gasteiger partial charge in [-0.1, -0.05) is 64.6 Å². The first-order valence-electron chi connectivity index (χ1n) is 10.9. The fourth-order valence-electron chi connectivity index (χ4n) is 3.57. The molecule has 0 spiro atoms. The first-order valence-corrected chi connectivity index (χ1v) is 12.4. The van der Waals surface area contributed by atoms with Crippen LogP contribution in [0.5, 0.6) is 5.75 Å². The van der Waals surface area contributed by atoms with Crippen LogP contribution in [0.2, 0.25) is 20.1 Å². The first kappa shape index (κ1) is 27.5. The van der Waals surface area contributed by atoms with E-state index in [0.29, 0.717) is 21.3 Å². The van der Waals surface area contributed by atoms with Crippen molar-refractivity contribution < 1.29 is 23.9 Å². The quantitative estimate of drug-likeness (QED) is 0.258. The van der Waals surface area contributed by atoms with Crippen molar-refractivity contribution in [1.82, 2.24) is 5.32 Å². The average Bonchev–Trinajstić information content (AvgIpc) is 2.85. The summed E-state index contributed by atoms with van der Waals surface area (Å²) in [5, 5.41) is 5.51. The Morgan fingerprint density at radius 2 is 1.61 bits per heavy atom. The summed E-state index contributed by atoms with van der Waals surface area (Å²) in [5.74, 6) is -2.22. The number of nitrogens with zero attached hydrogens (tertiary/aromatic N) is 1. The predicted molar refractivity (Wildman–Crippen MR) is 147 cm³/mol. The highest BCUT2D eigenvalue weighted by atomic mass is 35.5. The van der Waals surface area contributed by atoms with Crippen molar-refractivity contribution in [2.45, 2.75) is 6.92 Å². The van der Waals surface area contributed by atoms with E-state index in [1.165, 1.54) is 24.3 Å². The van der Waals surface area contributed by atoms with Crippen molar-refractivity contribution in [3.63, 3.8) is 0 Å². The van der Waals surface area contributed by atoms with Crippen LogP contribution in [0.25, 0.3) is 6.08 Å². The maximum absolute atomic E-state index is 13.2. The summed E-state index contributed by atoms with van der Waals surface area (Å²) in [7, 11) is 0. The van der Waals surface area contributed by atoms with E-state index in [1.54, 1.807) is 43.3 Å². The molecular formula is C26H17Cl4N3O5. The van der Waals surface area contributed by atoms with E-state index in [2.05, 4.69) is 10.6 Å². The predicted octanol–water partition coefficient (Wildman–Crippen LogP) is 6.29. The summed E-state index contributed by atoms with van der Waals surface area (Å²) in [4.78, 5) is 51.3. The number of benzene rings is 3. The molecule has 38 heavy (non-hydrogen) atoms. The van der Waals surface area contributed by atoms with Gasteiger partial charge in [0.25, 0.3) is 17.7 Å². The van der Waals surface area contributed by atoms with Crippen molar-refractivity contribution in [3.8, 4) is 5.75 Å². The van der Waals surface area contributed by atoms with E-state index in [-0.39, 0.29) is 32.6 Å². The van der Waals surface area contributed by atoms with Gasteiger partial charge >= 0.3 is 6.03 Å². The molecule has 0 atom stereocenters. The van der Waals surface area contributed by atoms with Crippen molar-refractivity contribution >= 4 is 87.6 Å². The van der Waals surface area contributed by atoms with E-state index >= 15 is 0 Å². The van der Waals surface area contributed by atoms with Crippen molar-refractivity contribution in [3.05, 3.63) is 91.4 Å². The topological polar surface area (TPSA) is 105 Å². The summed E-state index contributed by atoms with van der Waals surface area (Å²) >= 11 is 24.8. The van der Waals surface area contributed by atoms with Crippen molar-refractivity contribution in [2.75, 3.05) is 16.8 Å². The number of hydrogen-bond acceptors (Lipinski definition) is 5. The largest absolute Gasteiger partial charge is 0.481 e. The lowest BCUT2D eigenvalue weighted by molar-refractivity contribution is -0.122. The van der Waals surface area contributed by atoms with Crippen LogP contribution < -0.4 is 20.3 Å². The molecule has 0 aliphatic carbocycles. The number of hydrogen-bond donors (Lipinski definition) is 2. The van der Waals surface area contributed by atoms with Crippen molar-refractivity contribution in [2.24, 2.45) is 0 Å². The van der Waals surface area contributed by atoms with Crippen LogP contribution >= 0.6 is 46.4 Å². The van der Waals surface area contributed by atoms with Gasteiger partial charge < -0.3 is 10.1 Å². The Kier molecular flexibility index (Phi) is 8.28. The summed E-state index contributed by atoms with van der Waals surface area (Å²) < 4.78 is 5.49. The van der Waals surface area contributed by atoms with E-state index in [9.17, 15) is 19.2 Å². The highest BCUT2D eigenvalue weighted by molar-refractivity contribution is 6.40. The fraction of sp³-hybridized carbons (Fsp3) is 0.0769. The summed E-state index contributed by atoms with van der Waals surface area (Å²) in [6, 6.07) is 13.3. The standard InChI is InChI=1S/C26H17Cl4N3O5/c1-13-16(27)6-4-8-21(13)33-25(36)15(24(35)32-26(33)37)9-14-10-18(29)23(19(30)11-14)38-12-22(34)31-20-7-3-2-5-17(20)28/h2-11H,12H2,1H3,(H,31,34)(H,32,35,37)/b15-9-. The molecule has 3 aromatic carbocycles. The SMILES string of the molecule is Cc1c(Cl)cccc1N1C(=O)NC(=O)/C(=C/c2cc(Cl)c(OCC(=O)Nc3ccccc3Cl)c(Cl)c2)C1=O. The van der Waals surface area contributed by atoms with Crippen LogP contribution in [-0.4, -0.2) is 30.4 Å². The first-order chi connectivity index (χ1) is 18.1. The Balaban J connectivity index is 1.55. The Hall–Kier alpha value is -3.56. The number of urea groups is 1. The fourth-order valence-corrected chi connectivity index (χ4v) is 4.53. The Morgan fingerprint density at radius 1 is 0.947 bits per heavy atom. The summed E-state index contributed by atoms with van der Waals surface area (Å²) in [6.07, 6.45) is 1.24. The molecule has 194 valence electrons. The zero-order valence-corrected chi connectivity index (χ0v) is 22.5. The number of amides is 5. The molecule has 1 fully saturated rings. The van der Waals surface area contributed by atoms with Gasteiger partial charge in [-0.25, -0.2) is 9.69 Å². The molecule has 0 bridgehead atoms. The van der Waals surface area contributed by atoms with Gasteiger partial charge in [0.05, 0.1) is 26.4 Å². The number of rotatable bonds is 6. The van der Waals surface area contributed by atoms with E-state index in [1.807, 2.05) is 0 Å². The van der Waals surface area contributed by atoms with Crippen LogP contribution in [0.1, 0.15) is 11.1 Å². The Morgan fingerprint density at radius 3 is 2.29 bits per heavy atom. The van der Waals surface area contributed by atoms with Crippen LogP contribution in [0.15, 0.2) is 60.2 Å². The van der Waals surface area contributed by atoms with Gasteiger partial charge in [-0.05, 0) is 60.5 Å². The number of halogens is 4. The molecule has 0 unspecified atom stereocenters. The smallest absolute Gasteiger partial charge is 0.335 e. The Labute approximate surface area is 237 Å². The lowest BCUT2D eigenvalue weighted by Crippen LogP contribution is -2.54. The van der Waals surface area contributed by atoms with E-state index < -0.39 is 30.4 Å². The maximum atomic E-state index is 13.2. The number of anilines is 2. The number of nitrogens with one attached hydrogen (secondary N) is 2. The van der Waals surface area contributed by atoms with Gasteiger partial charge in [0.2, 0.25) is 0 Å². The van der Waals surface area contributed by atoms with Gasteiger partial charge in [0, 0.05) is 5.02 Å². The van der Waals surface area contributed by atoms with Gasteiger partial charge in [-0.2, -0.15) is 0 Å². The molecule has 1 aliphatic heterocycles. The molecule has 4 rings (SSSR count). The van der Waals surface area contributed by atoms with Gasteiger partial charge in [0.1, 0.15) is 5.57 Å². The number of ether oxygens (including phenoxy) is 1. The maximum Gasteiger partial charge on any atom is 0.335 e. The highest BCUT2D eigenvalue weighted by Crippen LogP contribution is 2.36. The summed E-state index contributed by atoms with van der Waals surface area (Å²) in [5.41, 5.74) is 1.08. The molecule has 8 nitrogen and oxygen atoms in total. The number of carbonyl (C=O) groups is 4. The van der Waals surface area contributed by atoms with Crippen LogP contribution in [0, 0.1) is 6.92 Å². The second-order valence-corrected chi connectivity index (χ2v) is 9.60. The number of imide groups is 2. The molecule has 12 heteroatoms. The molecule has 0 saturated carbocycles. The van der Waals surface area contributed by atoms with Crippen LogP contribution in [0.3, 0.4) is 0 Å². The van der Waals surface area contributed by atoms with Gasteiger partial charge in [0.15, 0.2) is 12.4 Å². The molecule has 0 radical (unpaired) electrons. The molecule has 1 heterocycles. The molecular weight excluding hydrogens is 576 g/mol. The lowest BCUT2D eigenvalue weighted by atomic mass is 10.1. The zero-order chi connectivity index (χ0) is 27.6. The molecule has 3 aromatic rings. The third-order valence-corrected chi connectivity index (χ3v) is 6.71. The number of para-hydroxylation sites is 1. The minimum absolute atomic E-state index is 0.0237. The molecule has 1 aliphatic rings. The van der Waals surface area contributed by atoms with Crippen LogP contribution in [-0.2, 0) is 14.4 Å². The van der Waals surface area contributed by atoms with Gasteiger partial charge in [-0.15, -0.1) is 0 Å². The number of barbiturate groups is 1. The van der Waals surface area contributed by atoms with E-state index in [0.717, 1.165) is 4.90 Å². The summed E-state index contributed by atoms with van der Waals surface area (Å²) in [6.45, 7) is 1.23. The van der Waals surface area contributed by atoms with Crippen molar-refractivity contribution in [1.29, 1.82) is 0 Å². The Bertz CT molecular complexity index is 1500. The zero-order valence-electron chi connectivity index (χ0n) is 19.5. The molecule has 5 amide bonds. The molecule has 2 N–H and O–H groups in total. The molecule has 0 aromatic heterocycles. The third kappa shape index (κ3) is 5.79. The minimum Gasteiger partial charge on any atom is -0.481 e. The molecule has 1 saturated heterocycles.